The van der Waals surface area contributed by atoms with Gasteiger partial charge in [0.1, 0.15) is 6.04 Å². The quantitative estimate of drug-likeness (QED) is 0.652. The van der Waals surface area contributed by atoms with Gasteiger partial charge in [-0.1, -0.05) is 0 Å². The van der Waals surface area contributed by atoms with Gasteiger partial charge in [-0.2, -0.15) is 5.26 Å². The molecule has 0 saturated carbocycles. The third kappa shape index (κ3) is 2.66. The zero-order chi connectivity index (χ0) is 9.84. The van der Waals surface area contributed by atoms with Gasteiger partial charge in [-0.05, 0) is 13.8 Å². The SMILES string of the molecule is CC1OCCN(CC(N)C#N)C1C. The summed E-state index contributed by atoms with van der Waals surface area (Å²) < 4.78 is 5.47. The molecule has 3 unspecified atom stereocenters. The van der Waals surface area contributed by atoms with Gasteiger partial charge in [-0.3, -0.25) is 4.90 Å². The van der Waals surface area contributed by atoms with Gasteiger partial charge < -0.3 is 10.5 Å². The minimum Gasteiger partial charge on any atom is -0.376 e. The molecule has 0 bridgehead atoms. The predicted molar refractivity (Wildman–Crippen MR) is 50.0 cm³/mol. The number of ether oxygens (including phenoxy) is 1. The fraction of sp³-hybridized carbons (Fsp3) is 0.889. The van der Waals surface area contributed by atoms with Gasteiger partial charge in [0.05, 0.1) is 18.8 Å². The summed E-state index contributed by atoms with van der Waals surface area (Å²) in [5.74, 6) is 0. The van der Waals surface area contributed by atoms with Gasteiger partial charge in [0, 0.05) is 19.1 Å². The molecule has 1 aliphatic heterocycles. The van der Waals surface area contributed by atoms with Crippen LogP contribution in [0, 0.1) is 11.3 Å². The summed E-state index contributed by atoms with van der Waals surface area (Å²) in [5.41, 5.74) is 5.57. The Morgan fingerprint density at radius 3 is 3.00 bits per heavy atom. The number of nitrogens with zero attached hydrogens (tertiary/aromatic N) is 2. The Hall–Kier alpha value is -0.630. The van der Waals surface area contributed by atoms with Gasteiger partial charge in [0.25, 0.3) is 0 Å². The molecule has 1 aliphatic rings. The number of rotatable bonds is 2. The standard InChI is InChI=1S/C9H17N3O/c1-7-8(2)13-4-3-12(7)6-9(11)5-10/h7-9H,3-4,6,11H2,1-2H3. The first-order valence-electron chi connectivity index (χ1n) is 4.66. The van der Waals surface area contributed by atoms with Crippen LogP contribution in [0.1, 0.15) is 13.8 Å². The molecule has 1 heterocycles. The molecule has 74 valence electrons. The summed E-state index contributed by atoms with van der Waals surface area (Å²) in [5, 5.41) is 8.58. The van der Waals surface area contributed by atoms with Crippen molar-refractivity contribution in [2.75, 3.05) is 19.7 Å². The van der Waals surface area contributed by atoms with E-state index < -0.39 is 0 Å². The molecule has 1 fully saturated rings. The highest BCUT2D eigenvalue weighted by Crippen LogP contribution is 2.12. The molecular weight excluding hydrogens is 166 g/mol. The lowest BCUT2D eigenvalue weighted by atomic mass is 10.1. The minimum absolute atomic E-state index is 0.236. The van der Waals surface area contributed by atoms with Crippen molar-refractivity contribution in [1.82, 2.24) is 4.90 Å². The molecule has 0 aromatic heterocycles. The molecule has 0 amide bonds. The van der Waals surface area contributed by atoms with E-state index in [9.17, 15) is 0 Å². The van der Waals surface area contributed by atoms with E-state index in [1.54, 1.807) is 0 Å². The molecule has 4 heteroatoms. The topological polar surface area (TPSA) is 62.3 Å². The first-order valence-corrected chi connectivity index (χ1v) is 4.66. The van der Waals surface area contributed by atoms with E-state index in [0.29, 0.717) is 12.6 Å². The number of hydrogen-bond acceptors (Lipinski definition) is 4. The van der Waals surface area contributed by atoms with Crippen molar-refractivity contribution < 1.29 is 4.74 Å². The summed E-state index contributed by atoms with van der Waals surface area (Å²) in [4.78, 5) is 2.21. The Morgan fingerprint density at radius 2 is 2.38 bits per heavy atom. The van der Waals surface area contributed by atoms with Crippen LogP contribution in [0.5, 0.6) is 0 Å². The second-order valence-corrected chi connectivity index (χ2v) is 3.55. The summed E-state index contributed by atoms with van der Waals surface area (Å²) in [6.07, 6.45) is 0.236. The molecule has 2 N–H and O–H groups in total. The third-order valence-electron chi connectivity index (χ3n) is 2.61. The van der Waals surface area contributed by atoms with Crippen LogP contribution in [0.15, 0.2) is 0 Å². The van der Waals surface area contributed by atoms with E-state index in [2.05, 4.69) is 18.7 Å². The highest BCUT2D eigenvalue weighted by atomic mass is 16.5. The van der Waals surface area contributed by atoms with Crippen molar-refractivity contribution in [2.24, 2.45) is 5.73 Å². The Balaban J connectivity index is 2.45. The molecule has 4 nitrogen and oxygen atoms in total. The zero-order valence-electron chi connectivity index (χ0n) is 8.23. The third-order valence-corrected chi connectivity index (χ3v) is 2.61. The molecule has 0 radical (unpaired) electrons. The number of morpholine rings is 1. The van der Waals surface area contributed by atoms with Gasteiger partial charge in [-0.25, -0.2) is 0 Å². The summed E-state index contributed by atoms with van der Waals surface area (Å²) in [7, 11) is 0. The molecule has 0 spiro atoms. The van der Waals surface area contributed by atoms with E-state index in [1.165, 1.54) is 0 Å². The Labute approximate surface area is 79.3 Å². The molecule has 0 aliphatic carbocycles. The Kier molecular flexibility index (Phi) is 3.67. The maximum Gasteiger partial charge on any atom is 0.106 e. The van der Waals surface area contributed by atoms with E-state index >= 15 is 0 Å². The Morgan fingerprint density at radius 1 is 1.69 bits per heavy atom. The number of nitriles is 1. The number of nitrogens with two attached hydrogens (primary N) is 1. The van der Waals surface area contributed by atoms with Crippen LogP contribution in [0.2, 0.25) is 0 Å². The van der Waals surface area contributed by atoms with Gasteiger partial charge >= 0.3 is 0 Å². The van der Waals surface area contributed by atoms with Crippen molar-refractivity contribution >= 4 is 0 Å². The maximum atomic E-state index is 8.58. The number of hydrogen-bond donors (Lipinski definition) is 1. The highest BCUT2D eigenvalue weighted by molar-refractivity contribution is 4.91. The summed E-state index contributed by atoms with van der Waals surface area (Å²) in [6.45, 7) is 6.42. The van der Waals surface area contributed by atoms with E-state index in [0.717, 1.165) is 13.2 Å². The van der Waals surface area contributed by atoms with Gasteiger partial charge in [0.2, 0.25) is 0 Å². The van der Waals surface area contributed by atoms with Crippen LogP contribution < -0.4 is 5.73 Å². The fourth-order valence-electron chi connectivity index (χ4n) is 1.55. The van der Waals surface area contributed by atoms with Crippen molar-refractivity contribution in [1.29, 1.82) is 5.26 Å². The second kappa shape index (κ2) is 4.56. The van der Waals surface area contributed by atoms with Crippen LogP contribution in [0.3, 0.4) is 0 Å². The maximum absolute atomic E-state index is 8.58. The lowest BCUT2D eigenvalue weighted by Crippen LogP contribution is -2.51. The first kappa shape index (κ1) is 10.5. The van der Waals surface area contributed by atoms with Crippen molar-refractivity contribution in [3.05, 3.63) is 0 Å². The molecule has 1 saturated heterocycles. The normalized spacial score (nSPS) is 32.5. The summed E-state index contributed by atoms with van der Waals surface area (Å²) >= 11 is 0. The van der Waals surface area contributed by atoms with E-state index in [4.69, 9.17) is 15.7 Å². The second-order valence-electron chi connectivity index (χ2n) is 3.55. The minimum atomic E-state index is -0.382. The van der Waals surface area contributed by atoms with Gasteiger partial charge in [0.15, 0.2) is 0 Å². The fourth-order valence-corrected chi connectivity index (χ4v) is 1.55. The van der Waals surface area contributed by atoms with Crippen LogP contribution in [-0.4, -0.2) is 42.8 Å². The van der Waals surface area contributed by atoms with Crippen molar-refractivity contribution in [3.63, 3.8) is 0 Å². The Bertz CT molecular complexity index is 202. The monoisotopic (exact) mass is 183 g/mol. The van der Waals surface area contributed by atoms with E-state index in [-0.39, 0.29) is 12.1 Å². The van der Waals surface area contributed by atoms with Crippen LogP contribution >= 0.6 is 0 Å². The molecule has 0 aromatic rings. The highest BCUT2D eigenvalue weighted by Gasteiger charge is 2.26. The average molecular weight is 183 g/mol. The molecule has 1 rings (SSSR count). The van der Waals surface area contributed by atoms with Gasteiger partial charge in [-0.15, -0.1) is 0 Å². The van der Waals surface area contributed by atoms with Crippen LogP contribution in [-0.2, 0) is 4.74 Å². The summed E-state index contributed by atoms with van der Waals surface area (Å²) in [6, 6.07) is 2.02. The zero-order valence-corrected chi connectivity index (χ0v) is 8.23. The molecule has 0 aromatic carbocycles. The molecule has 3 atom stereocenters. The van der Waals surface area contributed by atoms with Crippen molar-refractivity contribution in [3.8, 4) is 6.07 Å². The largest absolute Gasteiger partial charge is 0.376 e. The lowest BCUT2D eigenvalue weighted by molar-refractivity contribution is -0.0553. The van der Waals surface area contributed by atoms with Crippen LogP contribution in [0.4, 0.5) is 0 Å². The predicted octanol–water partition coefficient (Wildman–Crippen LogP) is -0.0535. The first-order chi connectivity index (χ1) is 6.15. The molecular formula is C9H17N3O. The van der Waals surface area contributed by atoms with E-state index in [1.807, 2.05) is 6.07 Å². The lowest BCUT2D eigenvalue weighted by Gasteiger charge is -2.38. The van der Waals surface area contributed by atoms with Crippen molar-refractivity contribution in [2.45, 2.75) is 32.0 Å². The average Bonchev–Trinajstić information content (AvgIpc) is 2.13. The molecule has 13 heavy (non-hydrogen) atoms. The smallest absolute Gasteiger partial charge is 0.106 e. The van der Waals surface area contributed by atoms with Crippen LogP contribution in [0.25, 0.3) is 0 Å².